The van der Waals surface area contributed by atoms with Gasteiger partial charge in [0.1, 0.15) is 5.76 Å². The number of aromatic amines is 1. The van der Waals surface area contributed by atoms with Crippen molar-refractivity contribution >= 4 is 18.1 Å². The topological polar surface area (TPSA) is 75.8 Å². The second kappa shape index (κ2) is 5.24. The molecule has 1 amide bonds. The monoisotopic (exact) mass is 292 g/mol. The number of furan rings is 1. The molecule has 6 nitrogen and oxygen atoms in total. The van der Waals surface area contributed by atoms with E-state index in [1.807, 2.05) is 17.6 Å². The molecule has 1 saturated carbocycles. The van der Waals surface area contributed by atoms with Crippen LogP contribution in [0.3, 0.4) is 0 Å². The molecule has 106 valence electrons. The minimum absolute atomic E-state index is 0.235. The van der Waals surface area contributed by atoms with Gasteiger partial charge in [-0.05, 0) is 37.2 Å². The minimum atomic E-state index is -0.235. The van der Waals surface area contributed by atoms with Crippen LogP contribution < -0.4 is 5.32 Å². The molecule has 2 aromatic rings. The lowest BCUT2D eigenvalue weighted by atomic mass is 10.3. The lowest BCUT2D eigenvalue weighted by Crippen LogP contribution is -2.24. The Balaban J connectivity index is 1.67. The van der Waals surface area contributed by atoms with Crippen LogP contribution in [-0.4, -0.2) is 20.7 Å². The van der Waals surface area contributed by atoms with Gasteiger partial charge in [-0.15, -0.1) is 0 Å². The fourth-order valence-corrected chi connectivity index (χ4v) is 2.41. The number of hydrogen-bond donors (Lipinski definition) is 2. The highest BCUT2D eigenvalue weighted by molar-refractivity contribution is 7.71. The summed E-state index contributed by atoms with van der Waals surface area (Å²) in [4.78, 5) is 12.0. The number of H-pyrrole nitrogens is 1. The number of carbonyl (C=O) groups is 1. The van der Waals surface area contributed by atoms with Crippen molar-refractivity contribution in [2.45, 2.75) is 38.8 Å². The van der Waals surface area contributed by atoms with Gasteiger partial charge < -0.3 is 9.73 Å². The lowest BCUT2D eigenvalue weighted by molar-refractivity contribution is 0.0920. The van der Waals surface area contributed by atoms with E-state index in [2.05, 4.69) is 15.5 Å². The first-order valence-electron chi connectivity index (χ1n) is 6.71. The second-order valence-corrected chi connectivity index (χ2v) is 5.24. The molecule has 0 aromatic carbocycles. The predicted octanol–water partition coefficient (Wildman–Crippen LogP) is 2.36. The average molecular weight is 292 g/mol. The number of nitrogens with zero attached hydrogens (tertiary/aromatic N) is 2. The molecule has 2 heterocycles. The Morgan fingerprint density at radius 2 is 2.40 bits per heavy atom. The van der Waals surface area contributed by atoms with Crippen LogP contribution in [0.2, 0.25) is 0 Å². The number of nitrogens with one attached hydrogen (secondary N) is 2. The van der Waals surface area contributed by atoms with Gasteiger partial charge in [0.15, 0.2) is 16.4 Å². The van der Waals surface area contributed by atoms with Crippen LogP contribution in [0.1, 0.15) is 47.9 Å². The maximum Gasteiger partial charge on any atom is 0.287 e. The molecule has 0 atom stereocenters. The lowest BCUT2D eigenvalue weighted by Gasteiger charge is -2.05. The molecule has 1 aliphatic carbocycles. The highest BCUT2D eigenvalue weighted by Crippen LogP contribution is 2.35. The predicted molar refractivity (Wildman–Crippen MR) is 74.9 cm³/mol. The largest absolute Gasteiger partial charge is 0.456 e. The Hall–Kier alpha value is -1.89. The van der Waals surface area contributed by atoms with Crippen molar-refractivity contribution in [3.63, 3.8) is 0 Å². The maximum atomic E-state index is 12.0. The smallest absolute Gasteiger partial charge is 0.287 e. The molecule has 0 saturated heterocycles. The molecule has 0 aliphatic heterocycles. The van der Waals surface area contributed by atoms with Crippen LogP contribution in [0.4, 0.5) is 0 Å². The molecule has 1 fully saturated rings. The first-order valence-corrected chi connectivity index (χ1v) is 7.12. The Morgan fingerprint density at radius 1 is 1.60 bits per heavy atom. The molecule has 20 heavy (non-hydrogen) atoms. The van der Waals surface area contributed by atoms with E-state index in [9.17, 15) is 4.79 Å². The number of rotatable bonds is 5. The van der Waals surface area contributed by atoms with Gasteiger partial charge >= 0.3 is 0 Å². The second-order valence-electron chi connectivity index (χ2n) is 4.85. The third-order valence-electron chi connectivity index (χ3n) is 3.33. The first-order chi connectivity index (χ1) is 9.69. The fourth-order valence-electron chi connectivity index (χ4n) is 2.11. The Morgan fingerprint density at radius 3 is 3.05 bits per heavy atom. The van der Waals surface area contributed by atoms with Gasteiger partial charge in [0.25, 0.3) is 5.91 Å². The molecule has 0 bridgehead atoms. The van der Waals surface area contributed by atoms with E-state index < -0.39 is 0 Å². The molecular formula is C13H16N4O2S. The van der Waals surface area contributed by atoms with E-state index in [0.29, 0.717) is 23.1 Å². The molecule has 2 N–H and O–H groups in total. The van der Waals surface area contributed by atoms with Crippen molar-refractivity contribution in [2.75, 3.05) is 0 Å². The van der Waals surface area contributed by atoms with Crippen LogP contribution in [0.5, 0.6) is 0 Å². The summed E-state index contributed by atoms with van der Waals surface area (Å²) < 4.78 is 8.01. The van der Waals surface area contributed by atoms with Gasteiger partial charge in [0.2, 0.25) is 0 Å². The number of carbonyl (C=O) groups excluding carboxylic acids is 1. The Kier molecular flexibility index (Phi) is 3.43. The molecular weight excluding hydrogens is 276 g/mol. The summed E-state index contributed by atoms with van der Waals surface area (Å²) in [6.45, 7) is 2.32. The highest BCUT2D eigenvalue weighted by Gasteiger charge is 2.27. The zero-order valence-corrected chi connectivity index (χ0v) is 12.0. The molecule has 0 radical (unpaired) electrons. The van der Waals surface area contributed by atoms with E-state index in [-0.39, 0.29) is 5.91 Å². The van der Waals surface area contributed by atoms with Crippen molar-refractivity contribution in [2.24, 2.45) is 0 Å². The number of aryl methyl sites for hydroxylation is 1. The van der Waals surface area contributed by atoms with Crippen molar-refractivity contribution in [3.05, 3.63) is 34.2 Å². The van der Waals surface area contributed by atoms with E-state index in [1.54, 1.807) is 6.07 Å². The molecule has 0 spiro atoms. The molecule has 2 aromatic heterocycles. The van der Waals surface area contributed by atoms with Crippen molar-refractivity contribution in [1.29, 1.82) is 0 Å². The first kappa shape index (κ1) is 13.1. The van der Waals surface area contributed by atoms with Gasteiger partial charge in [-0.1, -0.05) is 6.92 Å². The Bertz CT molecular complexity index is 681. The number of hydrogen-bond acceptors (Lipinski definition) is 4. The quantitative estimate of drug-likeness (QED) is 0.829. The number of amides is 1. The van der Waals surface area contributed by atoms with E-state index in [1.165, 1.54) is 0 Å². The molecule has 7 heteroatoms. The molecule has 3 rings (SSSR count). The summed E-state index contributed by atoms with van der Waals surface area (Å²) in [6, 6.07) is 3.94. The van der Waals surface area contributed by atoms with E-state index in [4.69, 9.17) is 16.6 Å². The third-order valence-corrected chi connectivity index (χ3v) is 3.62. The van der Waals surface area contributed by atoms with Gasteiger partial charge in [-0.25, -0.2) is 0 Å². The van der Waals surface area contributed by atoms with Gasteiger partial charge in [0.05, 0.1) is 6.54 Å². The van der Waals surface area contributed by atoms with Crippen LogP contribution >= 0.6 is 12.2 Å². The van der Waals surface area contributed by atoms with Gasteiger partial charge in [-0.2, -0.15) is 5.10 Å². The van der Waals surface area contributed by atoms with E-state index >= 15 is 0 Å². The summed E-state index contributed by atoms with van der Waals surface area (Å²) in [6.07, 6.45) is 3.01. The summed E-state index contributed by atoms with van der Waals surface area (Å²) in [5, 5.41) is 9.75. The van der Waals surface area contributed by atoms with E-state index in [0.717, 1.165) is 30.8 Å². The number of aromatic nitrogens is 3. The molecule has 1 aliphatic rings. The zero-order chi connectivity index (χ0) is 14.1. The van der Waals surface area contributed by atoms with Crippen molar-refractivity contribution < 1.29 is 9.21 Å². The van der Waals surface area contributed by atoms with Gasteiger partial charge in [0, 0.05) is 12.5 Å². The average Bonchev–Trinajstić information content (AvgIpc) is 3.04. The van der Waals surface area contributed by atoms with Crippen LogP contribution in [0.25, 0.3) is 0 Å². The maximum absolute atomic E-state index is 12.0. The normalized spacial score (nSPS) is 14.4. The van der Waals surface area contributed by atoms with Crippen LogP contribution in [0, 0.1) is 4.77 Å². The summed E-state index contributed by atoms with van der Waals surface area (Å²) in [5.41, 5.74) is 0. The highest BCUT2D eigenvalue weighted by atomic mass is 32.1. The fraction of sp³-hybridized carbons (Fsp3) is 0.462. The SMILES string of the molecule is CCc1ccc(C(=O)NCc2n[nH]c(=S)n2C2CC2)o1. The zero-order valence-electron chi connectivity index (χ0n) is 11.2. The summed E-state index contributed by atoms with van der Waals surface area (Å²) in [7, 11) is 0. The van der Waals surface area contributed by atoms with Crippen molar-refractivity contribution in [3.8, 4) is 0 Å². The van der Waals surface area contributed by atoms with Crippen LogP contribution in [-0.2, 0) is 13.0 Å². The molecule has 0 unspecified atom stereocenters. The summed E-state index contributed by atoms with van der Waals surface area (Å²) in [5.74, 6) is 1.65. The standard InChI is InChI=1S/C13H16N4O2S/c1-2-9-5-6-10(19-9)12(18)14-7-11-15-16-13(20)17(11)8-3-4-8/h5-6,8H,2-4,7H2,1H3,(H,14,18)(H,16,20). The minimum Gasteiger partial charge on any atom is -0.456 e. The van der Waals surface area contributed by atoms with Crippen molar-refractivity contribution in [1.82, 2.24) is 20.1 Å². The Labute approximate surface area is 121 Å². The summed E-state index contributed by atoms with van der Waals surface area (Å²) >= 11 is 5.20. The van der Waals surface area contributed by atoms with Crippen LogP contribution in [0.15, 0.2) is 16.5 Å². The third kappa shape index (κ3) is 2.53. The van der Waals surface area contributed by atoms with Gasteiger partial charge in [-0.3, -0.25) is 14.5 Å².